The van der Waals surface area contributed by atoms with Crippen molar-refractivity contribution >= 4 is 38.9 Å². The lowest BCUT2D eigenvalue weighted by Gasteiger charge is -2.05. The summed E-state index contributed by atoms with van der Waals surface area (Å²) in [5.74, 6) is -0.682. The van der Waals surface area contributed by atoms with Gasteiger partial charge in [0.25, 0.3) is 0 Å². The Balaban J connectivity index is 2.88. The van der Waals surface area contributed by atoms with Crippen LogP contribution in [0.25, 0.3) is 10.9 Å². The van der Waals surface area contributed by atoms with Crippen molar-refractivity contribution in [2.24, 2.45) is 0 Å². The molecule has 18 heavy (non-hydrogen) atoms. The molecule has 0 bridgehead atoms. The molecule has 0 aliphatic heterocycles. The number of methoxy groups -OCH3 is 1. The second-order valence-electron chi connectivity index (χ2n) is 3.82. The fourth-order valence-electron chi connectivity index (χ4n) is 1.89. The van der Waals surface area contributed by atoms with Crippen LogP contribution in [0, 0.1) is 6.92 Å². The third kappa shape index (κ3) is 1.88. The highest BCUT2D eigenvalue weighted by Gasteiger charge is 2.21. The molecule has 0 spiro atoms. The average molecular weight is 312 g/mol. The summed E-state index contributed by atoms with van der Waals surface area (Å²) in [4.78, 5) is 22.9. The van der Waals surface area contributed by atoms with E-state index in [1.54, 1.807) is 6.07 Å². The van der Waals surface area contributed by atoms with Crippen LogP contribution in [0.2, 0.25) is 0 Å². The van der Waals surface area contributed by atoms with Crippen LogP contribution in [0.15, 0.2) is 22.7 Å². The van der Waals surface area contributed by atoms with Crippen molar-refractivity contribution in [3.63, 3.8) is 0 Å². The number of esters is 1. The van der Waals surface area contributed by atoms with Crippen molar-refractivity contribution in [2.45, 2.75) is 6.92 Å². The summed E-state index contributed by atoms with van der Waals surface area (Å²) in [5.41, 5.74) is 1.40. The molecule has 0 saturated carbocycles. The lowest BCUT2D eigenvalue weighted by molar-refractivity contribution is 0.0588. The molecule has 2 aromatic rings. The zero-order valence-electron chi connectivity index (χ0n) is 9.73. The third-order valence-corrected chi connectivity index (χ3v) is 3.18. The molecule has 1 aromatic carbocycles. The Hall–Kier alpha value is -1.82. The minimum atomic E-state index is -1.23. The summed E-state index contributed by atoms with van der Waals surface area (Å²) in [6.07, 6.45) is -1.23. The van der Waals surface area contributed by atoms with Crippen molar-refractivity contribution in [3.8, 4) is 0 Å². The summed E-state index contributed by atoms with van der Waals surface area (Å²) >= 11 is 3.31. The molecule has 0 saturated heterocycles. The topological polar surface area (TPSA) is 68.5 Å². The molecule has 1 aromatic heterocycles. The fraction of sp³-hybridized carbons (Fsp3) is 0.167. The molecule has 6 heteroatoms. The number of carboxylic acid groups (broad SMARTS) is 1. The Morgan fingerprint density at radius 2 is 2.00 bits per heavy atom. The summed E-state index contributed by atoms with van der Waals surface area (Å²) in [6.45, 7) is 1.89. The predicted molar refractivity (Wildman–Crippen MR) is 69.1 cm³/mol. The van der Waals surface area contributed by atoms with Crippen LogP contribution in [-0.4, -0.2) is 28.8 Å². The molecule has 0 atom stereocenters. The van der Waals surface area contributed by atoms with Gasteiger partial charge in [-0.05, 0) is 46.6 Å². The molecule has 2 rings (SSSR count). The van der Waals surface area contributed by atoms with E-state index in [4.69, 9.17) is 0 Å². The van der Waals surface area contributed by atoms with Crippen molar-refractivity contribution < 1.29 is 19.4 Å². The van der Waals surface area contributed by atoms with E-state index in [9.17, 15) is 14.7 Å². The lowest BCUT2D eigenvalue weighted by atomic mass is 10.2. The standard InChI is InChI=1S/C12H10BrNO4/c1-6-3-7-5-9(11(15)18-2)14(12(16)17)10(7)8(13)4-6/h3-5H,1-2H3,(H,16,17). The van der Waals surface area contributed by atoms with Gasteiger partial charge in [-0.1, -0.05) is 0 Å². The molecule has 1 N–H and O–H groups in total. The first kappa shape index (κ1) is 12.6. The number of aryl methyl sites for hydroxylation is 1. The van der Waals surface area contributed by atoms with Crippen molar-refractivity contribution in [2.75, 3.05) is 7.11 Å². The Labute approximate surface area is 111 Å². The number of hydrogen-bond donors (Lipinski definition) is 1. The van der Waals surface area contributed by atoms with E-state index in [0.29, 0.717) is 15.4 Å². The third-order valence-electron chi connectivity index (χ3n) is 2.58. The number of fused-ring (bicyclic) bond motifs is 1. The fourth-order valence-corrected chi connectivity index (χ4v) is 2.66. The minimum Gasteiger partial charge on any atom is -0.464 e. The number of ether oxygens (including phenoxy) is 1. The smallest absolute Gasteiger partial charge is 0.416 e. The van der Waals surface area contributed by atoms with Crippen LogP contribution in [0.1, 0.15) is 16.1 Å². The Bertz CT molecular complexity index is 660. The molecule has 5 nitrogen and oxygen atoms in total. The SMILES string of the molecule is COC(=O)c1cc2cc(C)cc(Br)c2n1C(=O)O. The number of carbonyl (C=O) groups excluding carboxylic acids is 1. The molecule has 0 amide bonds. The normalized spacial score (nSPS) is 10.6. The number of nitrogens with zero attached hydrogens (tertiary/aromatic N) is 1. The monoisotopic (exact) mass is 311 g/mol. The van der Waals surface area contributed by atoms with Gasteiger partial charge in [0, 0.05) is 9.86 Å². The lowest BCUT2D eigenvalue weighted by Crippen LogP contribution is -2.16. The van der Waals surface area contributed by atoms with E-state index in [1.807, 2.05) is 13.0 Å². The van der Waals surface area contributed by atoms with E-state index in [2.05, 4.69) is 20.7 Å². The molecular formula is C12H10BrNO4. The number of benzene rings is 1. The maximum absolute atomic E-state index is 11.6. The quantitative estimate of drug-likeness (QED) is 0.822. The van der Waals surface area contributed by atoms with Crippen molar-refractivity contribution in [1.29, 1.82) is 0 Å². The number of hydrogen-bond acceptors (Lipinski definition) is 3. The second kappa shape index (κ2) is 4.45. The van der Waals surface area contributed by atoms with E-state index in [0.717, 1.165) is 10.1 Å². The van der Waals surface area contributed by atoms with Crippen LogP contribution in [0.4, 0.5) is 4.79 Å². The summed E-state index contributed by atoms with van der Waals surface area (Å²) in [7, 11) is 1.21. The number of rotatable bonds is 1. The summed E-state index contributed by atoms with van der Waals surface area (Å²) < 4.78 is 6.13. The zero-order chi connectivity index (χ0) is 13.4. The van der Waals surface area contributed by atoms with E-state index in [-0.39, 0.29) is 5.69 Å². The van der Waals surface area contributed by atoms with Crippen LogP contribution < -0.4 is 0 Å². The maximum Gasteiger partial charge on any atom is 0.416 e. The van der Waals surface area contributed by atoms with Gasteiger partial charge in [-0.3, -0.25) is 0 Å². The number of carbonyl (C=O) groups is 2. The van der Waals surface area contributed by atoms with Gasteiger partial charge < -0.3 is 9.84 Å². The molecule has 94 valence electrons. The minimum absolute atomic E-state index is 0.00806. The van der Waals surface area contributed by atoms with Crippen molar-refractivity contribution in [3.05, 3.63) is 33.9 Å². The van der Waals surface area contributed by atoms with Crippen LogP contribution in [0.5, 0.6) is 0 Å². The van der Waals surface area contributed by atoms with Gasteiger partial charge in [0.2, 0.25) is 0 Å². The molecular weight excluding hydrogens is 302 g/mol. The van der Waals surface area contributed by atoms with Gasteiger partial charge in [0.05, 0.1) is 12.6 Å². The molecule has 1 heterocycles. The van der Waals surface area contributed by atoms with Gasteiger partial charge in [0.15, 0.2) is 0 Å². The van der Waals surface area contributed by atoms with Crippen molar-refractivity contribution in [1.82, 2.24) is 4.57 Å². The number of halogens is 1. The highest BCUT2D eigenvalue weighted by molar-refractivity contribution is 9.10. The molecule has 0 unspecified atom stereocenters. The van der Waals surface area contributed by atoms with Gasteiger partial charge >= 0.3 is 12.1 Å². The average Bonchev–Trinajstić information content (AvgIpc) is 2.67. The molecule has 0 radical (unpaired) electrons. The van der Waals surface area contributed by atoms with Crippen LogP contribution in [0.3, 0.4) is 0 Å². The number of aromatic nitrogens is 1. The Kier molecular flexibility index (Phi) is 3.13. The predicted octanol–water partition coefficient (Wildman–Crippen LogP) is 3.02. The highest BCUT2D eigenvalue weighted by atomic mass is 79.9. The Morgan fingerprint density at radius 3 is 2.56 bits per heavy atom. The maximum atomic E-state index is 11.6. The van der Waals surface area contributed by atoms with Gasteiger partial charge in [-0.15, -0.1) is 0 Å². The Morgan fingerprint density at radius 1 is 1.33 bits per heavy atom. The first-order valence-electron chi connectivity index (χ1n) is 5.09. The molecule has 0 aliphatic rings. The molecule has 0 fully saturated rings. The van der Waals surface area contributed by atoms with Gasteiger partial charge in [-0.25, -0.2) is 14.2 Å². The largest absolute Gasteiger partial charge is 0.464 e. The van der Waals surface area contributed by atoms with Crippen LogP contribution in [-0.2, 0) is 4.74 Å². The highest BCUT2D eigenvalue weighted by Crippen LogP contribution is 2.29. The first-order valence-corrected chi connectivity index (χ1v) is 5.88. The van der Waals surface area contributed by atoms with E-state index >= 15 is 0 Å². The van der Waals surface area contributed by atoms with Gasteiger partial charge in [0.1, 0.15) is 5.69 Å². The summed E-state index contributed by atoms with van der Waals surface area (Å²) in [5, 5.41) is 9.90. The zero-order valence-corrected chi connectivity index (χ0v) is 11.3. The van der Waals surface area contributed by atoms with E-state index < -0.39 is 12.1 Å². The first-order chi connectivity index (χ1) is 8.45. The van der Waals surface area contributed by atoms with E-state index in [1.165, 1.54) is 13.2 Å². The summed E-state index contributed by atoms with van der Waals surface area (Å²) in [6, 6.07) is 5.11. The van der Waals surface area contributed by atoms with Crippen LogP contribution >= 0.6 is 15.9 Å². The second-order valence-corrected chi connectivity index (χ2v) is 4.68. The van der Waals surface area contributed by atoms with Gasteiger partial charge in [-0.2, -0.15) is 0 Å². The molecule has 0 aliphatic carbocycles.